The molecule has 0 amide bonds. The van der Waals surface area contributed by atoms with Gasteiger partial charge in [0.05, 0.1) is 22.9 Å². The fourth-order valence-electron chi connectivity index (χ4n) is 2.88. The lowest BCUT2D eigenvalue weighted by atomic mass is 10.1. The van der Waals surface area contributed by atoms with Crippen LogP contribution in [0.3, 0.4) is 0 Å². The molecule has 0 fully saturated rings. The van der Waals surface area contributed by atoms with Gasteiger partial charge in [0.1, 0.15) is 5.82 Å². The van der Waals surface area contributed by atoms with E-state index < -0.39 is 0 Å². The van der Waals surface area contributed by atoms with Crippen LogP contribution in [0.4, 0.5) is 5.69 Å². The third-order valence-electron chi connectivity index (χ3n) is 4.33. The zero-order chi connectivity index (χ0) is 19.9. The van der Waals surface area contributed by atoms with Gasteiger partial charge in [0.15, 0.2) is 5.82 Å². The average Bonchev–Trinajstić information content (AvgIpc) is 3.14. The van der Waals surface area contributed by atoms with Gasteiger partial charge >= 0.3 is 0 Å². The van der Waals surface area contributed by atoms with Crippen LogP contribution in [0.2, 0.25) is 0 Å². The first-order valence-corrected chi connectivity index (χ1v) is 9.11. The van der Waals surface area contributed by atoms with Crippen LogP contribution in [0.25, 0.3) is 16.9 Å². The number of aryl methyl sites for hydroxylation is 2. The predicted octanol–water partition coefficient (Wildman–Crippen LogP) is 3.95. The number of aliphatic imine (C=N–C) groups is 1. The summed E-state index contributed by atoms with van der Waals surface area (Å²) in [5.74, 6) is 1.71. The van der Waals surface area contributed by atoms with Crippen LogP contribution >= 0.6 is 0 Å². The topological polar surface area (TPSA) is 82.0 Å². The predicted molar refractivity (Wildman–Crippen MR) is 115 cm³/mol. The molecule has 0 radical (unpaired) electrons. The summed E-state index contributed by atoms with van der Waals surface area (Å²) in [6.45, 7) is 8.14. The Morgan fingerprint density at radius 1 is 1.07 bits per heavy atom. The normalized spacial score (nSPS) is 10.4. The molecule has 0 aliphatic heterocycles. The van der Waals surface area contributed by atoms with Gasteiger partial charge in [-0.05, 0) is 62.9 Å². The van der Waals surface area contributed by atoms with E-state index in [1.807, 2.05) is 60.2 Å². The first-order valence-electron chi connectivity index (χ1n) is 9.11. The average molecular weight is 372 g/mol. The summed E-state index contributed by atoms with van der Waals surface area (Å²) in [5.41, 5.74) is 10.5. The number of para-hydroxylation sites is 1. The third-order valence-corrected chi connectivity index (χ3v) is 4.33. The van der Waals surface area contributed by atoms with Crippen molar-refractivity contribution in [1.82, 2.24) is 19.5 Å². The Morgan fingerprint density at radius 3 is 2.61 bits per heavy atom. The number of nitrogens with zero attached hydrogens (tertiary/aromatic N) is 5. The van der Waals surface area contributed by atoms with Crippen molar-refractivity contribution in [3.05, 3.63) is 78.0 Å². The summed E-state index contributed by atoms with van der Waals surface area (Å²) < 4.78 is 1.93. The van der Waals surface area contributed by atoms with E-state index in [0.29, 0.717) is 6.54 Å². The molecule has 142 valence electrons. The minimum absolute atomic E-state index is 0.659. The molecule has 2 heterocycles. The molecule has 2 aromatic carbocycles. The maximum atomic E-state index is 5.42. The van der Waals surface area contributed by atoms with Crippen molar-refractivity contribution in [2.75, 3.05) is 6.54 Å². The molecule has 28 heavy (non-hydrogen) atoms. The maximum Gasteiger partial charge on any atom is 0.157 e. The van der Waals surface area contributed by atoms with Gasteiger partial charge in [0.2, 0.25) is 0 Å². The zero-order valence-electron chi connectivity index (χ0n) is 16.2. The zero-order valence-corrected chi connectivity index (χ0v) is 16.2. The van der Waals surface area contributed by atoms with E-state index >= 15 is 0 Å². The Morgan fingerprint density at radius 2 is 1.89 bits per heavy atom. The Labute approximate surface area is 164 Å². The lowest BCUT2D eigenvalue weighted by Gasteiger charge is -2.05. The minimum Gasteiger partial charge on any atom is -0.330 e. The minimum atomic E-state index is 0.659. The standard InChI is InChI=1S/C13H12N4.C9H12N2/c1-9-3-4-11-12(7-9)16-13(8-15-11)17-6-5-14-10(17)2;1-11-9-5-3-2-4-8(9)6-7-10/h3-8H,1-2H3;2-5H,1,6-7,10H2. The quantitative estimate of drug-likeness (QED) is 0.550. The molecule has 0 aliphatic carbocycles. The molecule has 2 aromatic heterocycles. The Kier molecular flexibility index (Phi) is 6.24. The Balaban J connectivity index is 0.000000178. The number of benzene rings is 2. The first kappa shape index (κ1) is 19.4. The van der Waals surface area contributed by atoms with Crippen molar-refractivity contribution in [3.63, 3.8) is 0 Å². The van der Waals surface area contributed by atoms with Gasteiger partial charge in [0.25, 0.3) is 0 Å². The number of hydrogen-bond acceptors (Lipinski definition) is 5. The fraction of sp³-hybridized carbons (Fsp3) is 0.182. The number of aromatic nitrogens is 4. The molecule has 4 rings (SSSR count). The van der Waals surface area contributed by atoms with Crippen molar-refractivity contribution < 1.29 is 0 Å². The van der Waals surface area contributed by atoms with Crippen LogP contribution in [0.15, 0.2) is 66.0 Å². The van der Waals surface area contributed by atoms with Crippen LogP contribution in [0.1, 0.15) is 17.0 Å². The second kappa shape index (κ2) is 9.01. The maximum absolute atomic E-state index is 5.42. The van der Waals surface area contributed by atoms with Gasteiger partial charge in [0, 0.05) is 12.4 Å². The van der Waals surface area contributed by atoms with Gasteiger partial charge in [-0.25, -0.2) is 9.97 Å². The second-order valence-electron chi connectivity index (χ2n) is 6.39. The highest BCUT2D eigenvalue weighted by Gasteiger charge is 2.04. The lowest BCUT2D eigenvalue weighted by molar-refractivity contribution is 0.931. The molecular weight excluding hydrogens is 348 g/mol. The molecule has 0 saturated carbocycles. The number of rotatable bonds is 4. The van der Waals surface area contributed by atoms with Crippen molar-refractivity contribution >= 4 is 23.4 Å². The van der Waals surface area contributed by atoms with Crippen molar-refractivity contribution in [2.24, 2.45) is 10.7 Å². The highest BCUT2D eigenvalue weighted by molar-refractivity contribution is 5.75. The van der Waals surface area contributed by atoms with Crippen LogP contribution in [-0.2, 0) is 6.42 Å². The highest BCUT2D eigenvalue weighted by Crippen LogP contribution is 2.17. The summed E-state index contributed by atoms with van der Waals surface area (Å²) >= 11 is 0. The Bertz CT molecular complexity index is 1080. The van der Waals surface area contributed by atoms with E-state index in [0.717, 1.165) is 34.8 Å². The summed E-state index contributed by atoms with van der Waals surface area (Å²) in [7, 11) is 0. The molecule has 6 nitrogen and oxygen atoms in total. The van der Waals surface area contributed by atoms with Gasteiger partial charge in [-0.1, -0.05) is 24.3 Å². The van der Waals surface area contributed by atoms with Crippen LogP contribution in [0.5, 0.6) is 0 Å². The summed E-state index contributed by atoms with van der Waals surface area (Å²) in [5, 5.41) is 0. The van der Waals surface area contributed by atoms with Crippen molar-refractivity contribution in [1.29, 1.82) is 0 Å². The molecule has 0 atom stereocenters. The number of hydrogen-bond donors (Lipinski definition) is 1. The van der Waals surface area contributed by atoms with Crippen LogP contribution in [0, 0.1) is 13.8 Å². The van der Waals surface area contributed by atoms with Crippen molar-refractivity contribution in [2.45, 2.75) is 20.3 Å². The van der Waals surface area contributed by atoms with E-state index in [4.69, 9.17) is 5.73 Å². The molecule has 0 bridgehead atoms. The van der Waals surface area contributed by atoms with E-state index in [9.17, 15) is 0 Å². The molecule has 4 aromatic rings. The third kappa shape index (κ3) is 4.47. The summed E-state index contributed by atoms with van der Waals surface area (Å²) in [6, 6.07) is 14.0. The summed E-state index contributed by atoms with van der Waals surface area (Å²) in [4.78, 5) is 17.1. The van der Waals surface area contributed by atoms with Gasteiger partial charge in [-0.15, -0.1) is 0 Å². The molecule has 2 N–H and O–H groups in total. The number of imidazole rings is 1. The second-order valence-corrected chi connectivity index (χ2v) is 6.39. The van der Waals surface area contributed by atoms with Gasteiger partial charge in [-0.3, -0.25) is 14.5 Å². The fourth-order valence-corrected chi connectivity index (χ4v) is 2.88. The molecule has 0 aliphatic rings. The first-order chi connectivity index (χ1) is 13.6. The number of fused-ring (bicyclic) bond motifs is 1. The van der Waals surface area contributed by atoms with E-state index in [1.54, 1.807) is 12.4 Å². The van der Waals surface area contributed by atoms with E-state index in [-0.39, 0.29) is 0 Å². The highest BCUT2D eigenvalue weighted by atomic mass is 15.1. The molecular formula is C22H24N6. The molecule has 6 heteroatoms. The van der Waals surface area contributed by atoms with Gasteiger partial charge in [-0.2, -0.15) is 0 Å². The molecule has 0 spiro atoms. The van der Waals surface area contributed by atoms with Gasteiger partial charge < -0.3 is 5.73 Å². The summed E-state index contributed by atoms with van der Waals surface area (Å²) in [6.07, 6.45) is 6.29. The van der Waals surface area contributed by atoms with E-state index in [2.05, 4.69) is 33.6 Å². The smallest absolute Gasteiger partial charge is 0.157 e. The van der Waals surface area contributed by atoms with E-state index in [1.165, 1.54) is 11.1 Å². The molecule has 0 unspecified atom stereocenters. The molecule has 0 saturated heterocycles. The number of nitrogens with two attached hydrogens (primary N) is 1. The monoisotopic (exact) mass is 372 g/mol. The van der Waals surface area contributed by atoms with Crippen molar-refractivity contribution in [3.8, 4) is 5.82 Å². The SMILES string of the molecule is C=Nc1ccccc1CCN.Cc1ccc2ncc(-n3ccnc3C)nc2c1. The van der Waals surface area contributed by atoms with Crippen LogP contribution < -0.4 is 5.73 Å². The lowest BCUT2D eigenvalue weighted by Crippen LogP contribution is -2.02. The largest absolute Gasteiger partial charge is 0.330 e. The van der Waals surface area contributed by atoms with Crippen LogP contribution in [-0.4, -0.2) is 32.8 Å². The Hall–Kier alpha value is -3.38.